The molecule has 0 amide bonds. The molecular formula is C21H38IN5O. The van der Waals surface area contributed by atoms with Gasteiger partial charge in [0, 0.05) is 45.3 Å². The number of halogens is 1. The summed E-state index contributed by atoms with van der Waals surface area (Å²) in [6.45, 7) is 13.5. The number of piperazine rings is 1. The first-order valence-corrected chi connectivity index (χ1v) is 10.1. The van der Waals surface area contributed by atoms with Crippen molar-refractivity contribution in [2.75, 3.05) is 60.0 Å². The van der Waals surface area contributed by atoms with Crippen molar-refractivity contribution in [3.63, 3.8) is 0 Å². The number of likely N-dealkylation sites (N-methyl/N-ethyl adjacent to an activating group) is 1. The Morgan fingerprint density at radius 2 is 1.93 bits per heavy atom. The van der Waals surface area contributed by atoms with Gasteiger partial charge in [0.25, 0.3) is 0 Å². The maximum Gasteiger partial charge on any atom is 0.191 e. The summed E-state index contributed by atoms with van der Waals surface area (Å²) in [7, 11) is 3.92. The Labute approximate surface area is 188 Å². The summed E-state index contributed by atoms with van der Waals surface area (Å²) in [5.74, 6) is 1.85. The van der Waals surface area contributed by atoms with Gasteiger partial charge in [-0.15, -0.1) is 24.0 Å². The Hall–Kier alpha value is -1.06. The zero-order chi connectivity index (χ0) is 19.6. The van der Waals surface area contributed by atoms with Crippen LogP contribution in [0, 0.1) is 6.92 Å². The first-order chi connectivity index (χ1) is 13.0. The van der Waals surface area contributed by atoms with E-state index in [9.17, 15) is 0 Å². The second kappa shape index (κ2) is 13.2. The lowest BCUT2D eigenvalue weighted by Gasteiger charge is -2.35. The van der Waals surface area contributed by atoms with E-state index in [0.717, 1.165) is 63.9 Å². The molecule has 28 heavy (non-hydrogen) atoms. The zero-order valence-corrected chi connectivity index (χ0v) is 20.5. The summed E-state index contributed by atoms with van der Waals surface area (Å²) < 4.78 is 5.48. The summed E-state index contributed by atoms with van der Waals surface area (Å²) >= 11 is 0. The maximum absolute atomic E-state index is 5.48. The number of rotatable bonds is 8. The van der Waals surface area contributed by atoms with Gasteiger partial charge in [0.1, 0.15) is 5.75 Å². The van der Waals surface area contributed by atoms with Crippen LogP contribution in [0.3, 0.4) is 0 Å². The van der Waals surface area contributed by atoms with Crippen LogP contribution in [0.25, 0.3) is 0 Å². The molecule has 1 unspecified atom stereocenters. The molecule has 0 aliphatic carbocycles. The predicted molar refractivity (Wildman–Crippen MR) is 129 cm³/mol. The van der Waals surface area contributed by atoms with Crippen molar-refractivity contribution in [1.29, 1.82) is 0 Å². The minimum atomic E-state index is 0. The number of aryl methyl sites for hydroxylation is 1. The number of methoxy groups -OCH3 is 1. The Balaban J connectivity index is 0.00000392. The zero-order valence-electron chi connectivity index (χ0n) is 18.1. The van der Waals surface area contributed by atoms with Gasteiger partial charge < -0.3 is 20.3 Å². The number of hydrogen-bond donors (Lipinski definition) is 2. The monoisotopic (exact) mass is 503 g/mol. The third kappa shape index (κ3) is 8.13. The SMILES string of the molecule is CCNC(=NCC(C)N1CCN(C)CC1)NCCc1cc(C)ccc1OC.I. The first kappa shape index (κ1) is 25.0. The fourth-order valence-electron chi connectivity index (χ4n) is 3.36. The van der Waals surface area contributed by atoms with Gasteiger partial charge in [-0.1, -0.05) is 17.7 Å². The van der Waals surface area contributed by atoms with Crippen LogP contribution in [0.5, 0.6) is 5.75 Å². The molecule has 2 rings (SSSR count). The number of benzene rings is 1. The molecule has 1 aromatic rings. The fourth-order valence-corrected chi connectivity index (χ4v) is 3.36. The van der Waals surface area contributed by atoms with Crippen LogP contribution in [-0.2, 0) is 6.42 Å². The third-order valence-electron chi connectivity index (χ3n) is 5.14. The van der Waals surface area contributed by atoms with Gasteiger partial charge in [0.05, 0.1) is 13.7 Å². The molecule has 0 radical (unpaired) electrons. The number of guanidine groups is 1. The smallest absolute Gasteiger partial charge is 0.191 e. The van der Waals surface area contributed by atoms with Crippen LogP contribution < -0.4 is 15.4 Å². The average Bonchev–Trinajstić information content (AvgIpc) is 2.66. The molecule has 1 atom stereocenters. The van der Waals surface area contributed by atoms with Crippen molar-refractivity contribution in [2.24, 2.45) is 4.99 Å². The minimum absolute atomic E-state index is 0. The quantitative estimate of drug-likeness (QED) is 0.324. The maximum atomic E-state index is 5.48. The van der Waals surface area contributed by atoms with Crippen molar-refractivity contribution in [1.82, 2.24) is 20.4 Å². The summed E-state index contributed by atoms with van der Waals surface area (Å²) in [5.41, 5.74) is 2.49. The van der Waals surface area contributed by atoms with Gasteiger partial charge in [-0.05, 0) is 45.9 Å². The highest BCUT2D eigenvalue weighted by Crippen LogP contribution is 2.19. The summed E-state index contributed by atoms with van der Waals surface area (Å²) in [6.07, 6.45) is 0.906. The van der Waals surface area contributed by atoms with Gasteiger partial charge in [0.2, 0.25) is 0 Å². The summed E-state index contributed by atoms with van der Waals surface area (Å²) in [6, 6.07) is 6.79. The Bertz CT molecular complexity index is 602. The van der Waals surface area contributed by atoms with Crippen LogP contribution in [-0.4, -0.2) is 81.8 Å². The van der Waals surface area contributed by atoms with Gasteiger partial charge in [-0.25, -0.2) is 0 Å². The van der Waals surface area contributed by atoms with Crippen LogP contribution in [0.4, 0.5) is 0 Å². The van der Waals surface area contributed by atoms with Gasteiger partial charge in [-0.2, -0.15) is 0 Å². The van der Waals surface area contributed by atoms with E-state index in [0.29, 0.717) is 6.04 Å². The van der Waals surface area contributed by atoms with Crippen LogP contribution in [0.2, 0.25) is 0 Å². The minimum Gasteiger partial charge on any atom is -0.496 e. The molecule has 7 heteroatoms. The molecule has 0 aromatic heterocycles. The second-order valence-electron chi connectivity index (χ2n) is 7.40. The Morgan fingerprint density at radius 3 is 2.57 bits per heavy atom. The molecule has 0 saturated carbocycles. The molecule has 1 heterocycles. The summed E-state index contributed by atoms with van der Waals surface area (Å²) in [4.78, 5) is 9.73. The van der Waals surface area contributed by atoms with Crippen molar-refractivity contribution < 1.29 is 4.74 Å². The molecule has 0 spiro atoms. The predicted octanol–water partition coefficient (Wildman–Crippen LogP) is 2.36. The van der Waals surface area contributed by atoms with Crippen LogP contribution in [0.15, 0.2) is 23.2 Å². The highest BCUT2D eigenvalue weighted by Gasteiger charge is 2.18. The van der Waals surface area contributed by atoms with E-state index in [-0.39, 0.29) is 24.0 Å². The molecular weight excluding hydrogens is 465 g/mol. The highest BCUT2D eigenvalue weighted by molar-refractivity contribution is 14.0. The average molecular weight is 503 g/mol. The van der Waals surface area contributed by atoms with E-state index < -0.39 is 0 Å². The van der Waals surface area contributed by atoms with E-state index in [1.54, 1.807) is 7.11 Å². The van der Waals surface area contributed by atoms with Crippen molar-refractivity contribution in [3.8, 4) is 5.75 Å². The van der Waals surface area contributed by atoms with E-state index in [2.05, 4.69) is 60.4 Å². The van der Waals surface area contributed by atoms with E-state index in [4.69, 9.17) is 9.73 Å². The Morgan fingerprint density at radius 1 is 1.21 bits per heavy atom. The lowest BCUT2D eigenvalue weighted by Crippen LogP contribution is -2.49. The molecule has 1 fully saturated rings. The van der Waals surface area contributed by atoms with Crippen LogP contribution >= 0.6 is 24.0 Å². The highest BCUT2D eigenvalue weighted by atomic mass is 127. The van der Waals surface area contributed by atoms with E-state index in [1.165, 1.54) is 11.1 Å². The van der Waals surface area contributed by atoms with Gasteiger partial charge in [-0.3, -0.25) is 9.89 Å². The van der Waals surface area contributed by atoms with E-state index in [1.807, 2.05) is 6.07 Å². The number of ether oxygens (including phenoxy) is 1. The largest absolute Gasteiger partial charge is 0.496 e. The third-order valence-corrected chi connectivity index (χ3v) is 5.14. The standard InChI is InChI=1S/C21H37N5O.HI/c1-6-22-21(24-16-18(3)26-13-11-25(4)12-14-26)23-10-9-19-15-17(2)7-8-20(19)27-5;/h7-8,15,18H,6,9-14,16H2,1-5H3,(H2,22,23,24);1H. The van der Waals surface area contributed by atoms with Crippen LogP contribution in [0.1, 0.15) is 25.0 Å². The molecule has 1 aliphatic rings. The molecule has 1 aliphatic heterocycles. The van der Waals surface area contributed by atoms with E-state index >= 15 is 0 Å². The molecule has 2 N–H and O–H groups in total. The first-order valence-electron chi connectivity index (χ1n) is 10.1. The Kier molecular flexibility index (Phi) is 11.8. The number of aliphatic imine (C=N–C) groups is 1. The van der Waals surface area contributed by atoms with Crippen molar-refractivity contribution >= 4 is 29.9 Å². The molecule has 160 valence electrons. The summed E-state index contributed by atoms with van der Waals surface area (Å²) in [5, 5.41) is 6.82. The normalized spacial score (nSPS) is 17.0. The molecule has 1 saturated heterocycles. The molecule has 0 bridgehead atoms. The van der Waals surface area contributed by atoms with Crippen molar-refractivity contribution in [3.05, 3.63) is 29.3 Å². The van der Waals surface area contributed by atoms with Gasteiger partial charge in [0.15, 0.2) is 5.96 Å². The number of nitrogens with zero attached hydrogens (tertiary/aromatic N) is 3. The topological polar surface area (TPSA) is 52.1 Å². The van der Waals surface area contributed by atoms with Crippen molar-refractivity contribution in [2.45, 2.75) is 33.2 Å². The second-order valence-corrected chi connectivity index (χ2v) is 7.40. The molecule has 6 nitrogen and oxygen atoms in total. The lowest BCUT2D eigenvalue weighted by molar-refractivity contribution is 0.122. The number of hydrogen-bond acceptors (Lipinski definition) is 4. The van der Waals surface area contributed by atoms with Gasteiger partial charge >= 0.3 is 0 Å². The number of nitrogens with one attached hydrogen (secondary N) is 2. The molecule has 1 aromatic carbocycles. The fraction of sp³-hybridized carbons (Fsp3) is 0.667. The lowest BCUT2D eigenvalue weighted by atomic mass is 10.1.